The number of benzene rings is 4. The molecule has 4 amide bonds. The molecule has 0 spiro atoms. The molecule has 1 aliphatic heterocycles. The number of nitro benzene ring substituents is 1. The molecular weight excluding hydrogens is 634 g/mol. The first-order valence-corrected chi connectivity index (χ1v) is 13.1. The summed E-state index contributed by atoms with van der Waals surface area (Å²) >= 11 is 6.93. The number of carbonyl (C=O) groups is 3. The van der Waals surface area contributed by atoms with Crippen LogP contribution in [0, 0.1) is 10.1 Å². The van der Waals surface area contributed by atoms with Gasteiger partial charge in [-0.2, -0.15) is 0 Å². The van der Waals surface area contributed by atoms with Crippen LogP contribution in [0.4, 0.5) is 16.2 Å². The molecule has 4 aromatic carbocycles. The van der Waals surface area contributed by atoms with Crippen LogP contribution in [0.2, 0.25) is 0 Å². The summed E-state index contributed by atoms with van der Waals surface area (Å²) in [6, 6.07) is 21.2. The van der Waals surface area contributed by atoms with E-state index in [0.717, 1.165) is 21.2 Å². The van der Waals surface area contributed by atoms with Crippen molar-refractivity contribution in [1.29, 1.82) is 0 Å². The zero-order valence-corrected chi connectivity index (χ0v) is 23.1. The minimum absolute atomic E-state index is 0.0735. The molecule has 39 heavy (non-hydrogen) atoms. The third kappa shape index (κ3) is 5.31. The summed E-state index contributed by atoms with van der Waals surface area (Å²) < 4.78 is 7.44. The van der Waals surface area contributed by atoms with Crippen LogP contribution in [0.5, 0.6) is 5.75 Å². The summed E-state index contributed by atoms with van der Waals surface area (Å²) in [6.45, 7) is 0.214. The first-order valence-electron chi connectivity index (χ1n) is 11.5. The van der Waals surface area contributed by atoms with Crippen molar-refractivity contribution in [3.63, 3.8) is 0 Å². The van der Waals surface area contributed by atoms with Crippen molar-refractivity contribution in [2.75, 3.05) is 4.90 Å². The topological polar surface area (TPSA) is 119 Å². The van der Waals surface area contributed by atoms with Gasteiger partial charge in [0.2, 0.25) is 0 Å². The Balaban J connectivity index is 1.50. The van der Waals surface area contributed by atoms with Gasteiger partial charge in [0.05, 0.1) is 15.1 Å². The molecule has 11 heteroatoms. The number of ether oxygens (including phenoxy) is 1. The average Bonchev–Trinajstić information content (AvgIpc) is 2.90. The first kappa shape index (κ1) is 26.3. The van der Waals surface area contributed by atoms with Gasteiger partial charge in [-0.1, -0.05) is 58.4 Å². The number of barbiturate groups is 1. The lowest BCUT2D eigenvalue weighted by Crippen LogP contribution is -2.54. The SMILES string of the molecule is O=C1NC(=O)N(c2ccc([N+](=O)[O-])cc2)C(=O)/C1=C/c1cc(Br)cc(Br)c1OCc1cccc2ccccc12. The first-order chi connectivity index (χ1) is 18.7. The van der Waals surface area contributed by atoms with E-state index in [-0.39, 0.29) is 23.6 Å². The zero-order valence-electron chi connectivity index (χ0n) is 19.9. The third-order valence-corrected chi connectivity index (χ3v) is 7.06. The van der Waals surface area contributed by atoms with Crippen LogP contribution >= 0.6 is 31.9 Å². The fourth-order valence-corrected chi connectivity index (χ4v) is 5.55. The molecule has 0 bridgehead atoms. The van der Waals surface area contributed by atoms with Gasteiger partial charge in [0.15, 0.2) is 0 Å². The Hall–Kier alpha value is -4.35. The molecule has 4 aromatic rings. The Labute approximate surface area is 238 Å². The fraction of sp³-hybridized carbons (Fsp3) is 0.0357. The van der Waals surface area contributed by atoms with Crippen molar-refractivity contribution >= 4 is 77.9 Å². The summed E-state index contributed by atoms with van der Waals surface area (Å²) in [5, 5.41) is 15.2. The molecule has 1 N–H and O–H groups in total. The van der Waals surface area contributed by atoms with Crippen LogP contribution in [0.25, 0.3) is 16.8 Å². The molecule has 0 atom stereocenters. The van der Waals surface area contributed by atoms with E-state index in [9.17, 15) is 24.5 Å². The summed E-state index contributed by atoms with van der Waals surface area (Å²) in [4.78, 5) is 49.8. The van der Waals surface area contributed by atoms with Crippen LogP contribution in [0.3, 0.4) is 0 Å². The van der Waals surface area contributed by atoms with Gasteiger partial charge in [-0.25, -0.2) is 9.69 Å². The zero-order chi connectivity index (χ0) is 27.7. The number of nitrogens with zero attached hydrogens (tertiary/aromatic N) is 2. The largest absolute Gasteiger partial charge is 0.487 e. The molecule has 0 aliphatic carbocycles. The molecule has 0 unspecified atom stereocenters. The number of halogens is 2. The summed E-state index contributed by atoms with van der Waals surface area (Å²) in [7, 11) is 0. The van der Waals surface area contributed by atoms with E-state index in [0.29, 0.717) is 20.3 Å². The number of anilines is 1. The Kier molecular flexibility index (Phi) is 7.27. The second kappa shape index (κ2) is 10.8. The van der Waals surface area contributed by atoms with Gasteiger partial charge < -0.3 is 4.74 Å². The summed E-state index contributed by atoms with van der Waals surface area (Å²) in [6.07, 6.45) is 1.34. The van der Waals surface area contributed by atoms with Crippen molar-refractivity contribution in [3.8, 4) is 5.75 Å². The second-order valence-corrected chi connectivity index (χ2v) is 10.2. The van der Waals surface area contributed by atoms with E-state index in [4.69, 9.17) is 4.74 Å². The van der Waals surface area contributed by atoms with Gasteiger partial charge in [0.1, 0.15) is 17.9 Å². The van der Waals surface area contributed by atoms with Crippen molar-refractivity contribution < 1.29 is 24.0 Å². The van der Waals surface area contributed by atoms with Crippen LogP contribution in [-0.2, 0) is 16.2 Å². The highest BCUT2D eigenvalue weighted by atomic mass is 79.9. The van der Waals surface area contributed by atoms with Crippen molar-refractivity contribution in [3.05, 3.63) is 115 Å². The van der Waals surface area contributed by atoms with E-state index in [1.807, 2.05) is 42.5 Å². The Morgan fingerprint density at radius 3 is 2.41 bits per heavy atom. The van der Waals surface area contributed by atoms with E-state index in [1.165, 1.54) is 30.3 Å². The Bertz CT molecular complexity index is 1700. The Morgan fingerprint density at radius 2 is 1.67 bits per heavy atom. The monoisotopic (exact) mass is 649 g/mol. The highest BCUT2D eigenvalue weighted by molar-refractivity contribution is 9.11. The van der Waals surface area contributed by atoms with Gasteiger partial charge >= 0.3 is 6.03 Å². The minimum atomic E-state index is -0.959. The lowest BCUT2D eigenvalue weighted by Gasteiger charge is -2.26. The number of hydrogen-bond acceptors (Lipinski definition) is 6. The molecule has 0 saturated carbocycles. The maximum absolute atomic E-state index is 13.4. The number of nitro groups is 1. The molecule has 0 radical (unpaired) electrons. The molecular formula is C28H17Br2N3O6. The van der Waals surface area contributed by atoms with Crippen molar-refractivity contribution in [2.24, 2.45) is 0 Å². The maximum Gasteiger partial charge on any atom is 0.335 e. The second-order valence-electron chi connectivity index (χ2n) is 8.46. The van der Waals surface area contributed by atoms with Crippen LogP contribution < -0.4 is 15.0 Å². The quantitative estimate of drug-likeness (QED) is 0.110. The smallest absolute Gasteiger partial charge is 0.335 e. The number of amides is 4. The van der Waals surface area contributed by atoms with E-state index in [2.05, 4.69) is 37.2 Å². The third-order valence-electron chi connectivity index (χ3n) is 6.01. The standard InChI is InChI=1S/C28H17Br2N3O6/c29-19-12-18(25(24(30)14-19)39-15-17-6-3-5-16-4-1-2-7-22(16)17)13-23-26(34)31-28(36)32(27(23)35)20-8-10-21(11-9-20)33(37)38/h1-14H,15H2,(H,31,34,36)/b23-13+. The summed E-state index contributed by atoms with van der Waals surface area (Å²) in [5.41, 5.74) is 0.913. The van der Waals surface area contributed by atoms with Gasteiger partial charge in [-0.15, -0.1) is 0 Å². The number of rotatable bonds is 6. The predicted molar refractivity (Wildman–Crippen MR) is 152 cm³/mol. The normalized spacial score (nSPS) is 14.6. The number of imide groups is 2. The Morgan fingerprint density at radius 1 is 0.949 bits per heavy atom. The molecule has 0 aromatic heterocycles. The predicted octanol–water partition coefficient (Wildman–Crippen LogP) is 6.52. The average molecular weight is 651 g/mol. The highest BCUT2D eigenvalue weighted by Crippen LogP contribution is 2.36. The molecule has 5 rings (SSSR count). The number of carbonyl (C=O) groups excluding carboxylic acids is 3. The van der Waals surface area contributed by atoms with E-state index in [1.54, 1.807) is 12.1 Å². The van der Waals surface area contributed by atoms with Crippen LogP contribution in [0.15, 0.2) is 93.4 Å². The highest BCUT2D eigenvalue weighted by Gasteiger charge is 2.37. The molecule has 1 fully saturated rings. The van der Waals surface area contributed by atoms with Gasteiger partial charge in [-0.3, -0.25) is 25.0 Å². The van der Waals surface area contributed by atoms with Crippen molar-refractivity contribution in [2.45, 2.75) is 6.61 Å². The molecule has 1 aliphatic rings. The number of fused-ring (bicyclic) bond motifs is 1. The minimum Gasteiger partial charge on any atom is -0.487 e. The number of nitrogens with one attached hydrogen (secondary N) is 1. The molecule has 9 nitrogen and oxygen atoms in total. The van der Waals surface area contributed by atoms with Gasteiger partial charge in [0, 0.05) is 22.2 Å². The van der Waals surface area contributed by atoms with Gasteiger partial charge in [0.25, 0.3) is 17.5 Å². The van der Waals surface area contributed by atoms with E-state index >= 15 is 0 Å². The fourth-order valence-electron chi connectivity index (χ4n) is 4.18. The molecule has 1 saturated heterocycles. The van der Waals surface area contributed by atoms with Gasteiger partial charge in [-0.05, 0) is 62.6 Å². The lowest BCUT2D eigenvalue weighted by molar-refractivity contribution is -0.384. The van der Waals surface area contributed by atoms with Crippen LogP contribution in [-0.4, -0.2) is 22.8 Å². The maximum atomic E-state index is 13.4. The number of non-ortho nitro benzene ring substituents is 1. The molecule has 1 heterocycles. The molecule has 194 valence electrons. The van der Waals surface area contributed by atoms with Crippen molar-refractivity contribution in [1.82, 2.24) is 5.32 Å². The summed E-state index contributed by atoms with van der Waals surface area (Å²) in [5.74, 6) is -1.37. The van der Waals surface area contributed by atoms with E-state index < -0.39 is 22.8 Å². The lowest BCUT2D eigenvalue weighted by atomic mass is 10.0. The number of hydrogen-bond donors (Lipinski definition) is 1. The number of urea groups is 1. The van der Waals surface area contributed by atoms with Crippen LogP contribution in [0.1, 0.15) is 11.1 Å².